The third kappa shape index (κ3) is 4.25. The van der Waals surface area contributed by atoms with Crippen LogP contribution in [0.5, 0.6) is 0 Å². The lowest BCUT2D eigenvalue weighted by atomic mass is 10.3. The van der Waals surface area contributed by atoms with Gasteiger partial charge in [-0.15, -0.1) is 0 Å². The van der Waals surface area contributed by atoms with Crippen LogP contribution >= 0.6 is 0 Å². The maximum atomic E-state index is 10.1. The van der Waals surface area contributed by atoms with Gasteiger partial charge in [0, 0.05) is 6.54 Å². The van der Waals surface area contributed by atoms with Crippen molar-refractivity contribution in [2.24, 2.45) is 5.73 Å². The molecular weight excluding hydrogens is 136 g/mol. The van der Waals surface area contributed by atoms with Crippen molar-refractivity contribution >= 4 is 5.97 Å². The Hall–Kier alpha value is -0.650. The van der Waals surface area contributed by atoms with E-state index in [-0.39, 0.29) is 6.54 Å². The number of carbonyl (C=O) groups is 1. The molecule has 60 valence electrons. The molecule has 0 aliphatic heterocycles. The largest absolute Gasteiger partial charge is 0.480 e. The van der Waals surface area contributed by atoms with Gasteiger partial charge in [0.1, 0.15) is 6.04 Å². The van der Waals surface area contributed by atoms with Crippen LogP contribution < -0.4 is 11.2 Å². The number of rotatable bonds is 5. The van der Waals surface area contributed by atoms with Crippen LogP contribution in [0.1, 0.15) is 6.92 Å². The quantitative estimate of drug-likeness (QED) is 0.342. The molecule has 0 saturated heterocycles. The second-order valence-electron chi connectivity index (χ2n) is 1.73. The van der Waals surface area contributed by atoms with Gasteiger partial charge in [0.25, 0.3) is 0 Å². The molecule has 0 aromatic heterocycles. The number of nitrogens with one attached hydrogen (secondary N) is 1. The topological polar surface area (TPSA) is 84.6 Å². The molecule has 0 aliphatic carbocycles. The summed E-state index contributed by atoms with van der Waals surface area (Å²) < 4.78 is 0. The van der Waals surface area contributed by atoms with Crippen molar-refractivity contribution in [3.8, 4) is 0 Å². The SMILES string of the molecule is CCONCC(N)C(=O)O. The highest BCUT2D eigenvalue weighted by atomic mass is 16.6. The molecule has 0 saturated carbocycles. The number of hydrogen-bond acceptors (Lipinski definition) is 4. The lowest BCUT2D eigenvalue weighted by molar-refractivity contribution is -0.139. The van der Waals surface area contributed by atoms with Gasteiger partial charge in [0.2, 0.25) is 0 Å². The van der Waals surface area contributed by atoms with Crippen molar-refractivity contribution in [3.05, 3.63) is 0 Å². The van der Waals surface area contributed by atoms with Gasteiger partial charge in [0.15, 0.2) is 0 Å². The fourth-order valence-corrected chi connectivity index (χ4v) is 0.338. The molecule has 1 atom stereocenters. The molecule has 0 aliphatic rings. The molecule has 5 heteroatoms. The van der Waals surface area contributed by atoms with Crippen molar-refractivity contribution in [3.63, 3.8) is 0 Å². The summed E-state index contributed by atoms with van der Waals surface area (Å²) in [7, 11) is 0. The van der Waals surface area contributed by atoms with Crippen LogP contribution in [-0.2, 0) is 9.63 Å². The van der Waals surface area contributed by atoms with Gasteiger partial charge in [0.05, 0.1) is 6.61 Å². The van der Waals surface area contributed by atoms with E-state index in [9.17, 15) is 4.79 Å². The Morgan fingerprint density at radius 3 is 2.90 bits per heavy atom. The zero-order chi connectivity index (χ0) is 7.98. The number of carboxylic acid groups (broad SMARTS) is 1. The molecule has 0 amide bonds. The van der Waals surface area contributed by atoms with E-state index in [1.165, 1.54) is 0 Å². The predicted molar refractivity (Wildman–Crippen MR) is 35.2 cm³/mol. The van der Waals surface area contributed by atoms with Gasteiger partial charge in [-0.2, -0.15) is 0 Å². The standard InChI is InChI=1S/C5H12N2O3/c1-2-10-7-3-4(6)5(8)9/h4,7H,2-3,6H2,1H3,(H,8,9). The average Bonchev–Trinajstić information content (AvgIpc) is 1.88. The van der Waals surface area contributed by atoms with Gasteiger partial charge in [-0.05, 0) is 6.92 Å². The van der Waals surface area contributed by atoms with Gasteiger partial charge in [-0.1, -0.05) is 0 Å². The highest BCUT2D eigenvalue weighted by Crippen LogP contribution is 1.74. The van der Waals surface area contributed by atoms with E-state index < -0.39 is 12.0 Å². The summed E-state index contributed by atoms with van der Waals surface area (Å²) in [6, 6.07) is -0.897. The summed E-state index contributed by atoms with van der Waals surface area (Å²) >= 11 is 0. The Bertz CT molecular complexity index is 107. The van der Waals surface area contributed by atoms with Crippen molar-refractivity contribution < 1.29 is 14.7 Å². The summed E-state index contributed by atoms with van der Waals surface area (Å²) in [6.45, 7) is 2.41. The molecule has 0 bridgehead atoms. The first-order valence-electron chi connectivity index (χ1n) is 3.01. The van der Waals surface area contributed by atoms with Gasteiger partial charge >= 0.3 is 5.97 Å². The van der Waals surface area contributed by atoms with Crippen molar-refractivity contribution in [2.75, 3.05) is 13.2 Å². The fourth-order valence-electron chi connectivity index (χ4n) is 0.338. The Kier molecular flexibility index (Phi) is 4.82. The van der Waals surface area contributed by atoms with Crippen LogP contribution in [0.4, 0.5) is 0 Å². The molecule has 0 fully saturated rings. The number of carboxylic acids is 1. The molecule has 0 rings (SSSR count). The van der Waals surface area contributed by atoms with Crippen LogP contribution in [0.2, 0.25) is 0 Å². The third-order valence-corrected chi connectivity index (χ3v) is 0.867. The van der Waals surface area contributed by atoms with Crippen molar-refractivity contribution in [2.45, 2.75) is 13.0 Å². The van der Waals surface area contributed by atoms with Gasteiger partial charge < -0.3 is 15.7 Å². The summed E-state index contributed by atoms with van der Waals surface area (Å²) in [4.78, 5) is 14.7. The Morgan fingerprint density at radius 2 is 2.50 bits per heavy atom. The zero-order valence-corrected chi connectivity index (χ0v) is 5.83. The molecule has 10 heavy (non-hydrogen) atoms. The highest BCUT2D eigenvalue weighted by molar-refractivity contribution is 5.73. The van der Waals surface area contributed by atoms with E-state index in [0.29, 0.717) is 6.61 Å². The maximum absolute atomic E-state index is 10.1. The molecule has 0 radical (unpaired) electrons. The average molecular weight is 148 g/mol. The summed E-state index contributed by atoms with van der Waals surface area (Å²) in [5, 5.41) is 8.26. The molecule has 0 aromatic carbocycles. The van der Waals surface area contributed by atoms with E-state index in [2.05, 4.69) is 10.3 Å². The first kappa shape index (κ1) is 9.35. The Morgan fingerprint density at radius 1 is 1.90 bits per heavy atom. The normalized spacial score (nSPS) is 13.0. The molecule has 0 aromatic rings. The summed E-state index contributed by atoms with van der Waals surface area (Å²) in [5.41, 5.74) is 7.53. The van der Waals surface area contributed by atoms with Crippen LogP contribution in [0.25, 0.3) is 0 Å². The number of aliphatic carboxylic acids is 1. The number of nitrogens with two attached hydrogens (primary N) is 1. The zero-order valence-electron chi connectivity index (χ0n) is 5.83. The van der Waals surface area contributed by atoms with E-state index in [1.807, 2.05) is 0 Å². The summed E-state index contributed by atoms with van der Waals surface area (Å²) in [5.74, 6) is -1.03. The smallest absolute Gasteiger partial charge is 0.321 e. The third-order valence-electron chi connectivity index (χ3n) is 0.867. The maximum Gasteiger partial charge on any atom is 0.321 e. The second-order valence-corrected chi connectivity index (χ2v) is 1.73. The molecular formula is C5H12N2O3. The lowest BCUT2D eigenvalue weighted by Crippen LogP contribution is -2.40. The molecule has 0 heterocycles. The number of hydroxylamine groups is 1. The predicted octanol–water partition coefficient (Wildman–Crippen LogP) is -1.06. The van der Waals surface area contributed by atoms with Gasteiger partial charge in [-0.25, -0.2) is 5.48 Å². The van der Waals surface area contributed by atoms with E-state index in [1.54, 1.807) is 6.92 Å². The van der Waals surface area contributed by atoms with Crippen LogP contribution in [0.3, 0.4) is 0 Å². The lowest BCUT2D eigenvalue weighted by Gasteiger charge is -2.06. The highest BCUT2D eigenvalue weighted by Gasteiger charge is 2.09. The van der Waals surface area contributed by atoms with Gasteiger partial charge in [-0.3, -0.25) is 4.79 Å². The first-order valence-corrected chi connectivity index (χ1v) is 3.01. The minimum Gasteiger partial charge on any atom is -0.480 e. The monoisotopic (exact) mass is 148 g/mol. The van der Waals surface area contributed by atoms with E-state index in [4.69, 9.17) is 10.8 Å². The Balaban J connectivity index is 3.21. The minimum absolute atomic E-state index is 0.128. The van der Waals surface area contributed by atoms with E-state index in [0.717, 1.165) is 0 Å². The molecule has 5 nitrogen and oxygen atoms in total. The molecule has 0 spiro atoms. The first-order chi connectivity index (χ1) is 4.68. The Labute approximate surface area is 59.1 Å². The van der Waals surface area contributed by atoms with Crippen molar-refractivity contribution in [1.82, 2.24) is 5.48 Å². The molecule has 1 unspecified atom stereocenters. The number of hydrogen-bond donors (Lipinski definition) is 3. The minimum atomic E-state index is -1.03. The summed E-state index contributed by atoms with van der Waals surface area (Å²) in [6.07, 6.45) is 0. The van der Waals surface area contributed by atoms with Crippen LogP contribution in [0.15, 0.2) is 0 Å². The fraction of sp³-hybridized carbons (Fsp3) is 0.800. The van der Waals surface area contributed by atoms with Crippen molar-refractivity contribution in [1.29, 1.82) is 0 Å². The van der Waals surface area contributed by atoms with Crippen LogP contribution in [-0.4, -0.2) is 30.3 Å². The van der Waals surface area contributed by atoms with Crippen LogP contribution in [0, 0.1) is 0 Å². The second kappa shape index (κ2) is 5.16. The molecule has 4 N–H and O–H groups in total. The van der Waals surface area contributed by atoms with E-state index >= 15 is 0 Å².